The number of halogens is 3. The lowest BCUT2D eigenvalue weighted by Gasteiger charge is -2.38. The van der Waals surface area contributed by atoms with Crippen LogP contribution in [0, 0.1) is 5.92 Å². The van der Waals surface area contributed by atoms with Crippen LogP contribution in [0.1, 0.15) is 55.1 Å². The molecular weight excluding hydrogens is 439 g/mol. The molecule has 1 fully saturated rings. The first-order valence-corrected chi connectivity index (χ1v) is 10.5. The predicted molar refractivity (Wildman–Crippen MR) is 118 cm³/mol. The minimum Gasteiger partial charge on any atom is -0.390 e. The Hall–Kier alpha value is -2.92. The molecule has 5 N–H and O–H groups in total. The number of carbonyl (C=O) groups is 1. The van der Waals surface area contributed by atoms with Crippen LogP contribution < -0.4 is 11.1 Å². The summed E-state index contributed by atoms with van der Waals surface area (Å²) in [6.07, 6.45) is 0.0645. The summed E-state index contributed by atoms with van der Waals surface area (Å²) < 4.78 is 40.8. The molecule has 0 spiro atoms. The summed E-state index contributed by atoms with van der Waals surface area (Å²) in [5.74, 6) is -0.678. The molecule has 1 heterocycles. The smallest absolute Gasteiger partial charge is 0.390 e. The van der Waals surface area contributed by atoms with Crippen molar-refractivity contribution in [3.05, 3.63) is 41.6 Å². The molecule has 1 aromatic carbocycles. The number of aliphatic hydroxyl groups is 2. The maximum Gasteiger partial charge on any atom is 0.421 e. The second kappa shape index (κ2) is 8.79. The van der Waals surface area contributed by atoms with E-state index in [4.69, 9.17) is 5.73 Å². The maximum atomic E-state index is 13.1. The quantitative estimate of drug-likeness (QED) is 0.485. The summed E-state index contributed by atoms with van der Waals surface area (Å²) >= 11 is 0. The van der Waals surface area contributed by atoms with Crippen LogP contribution in [0.3, 0.4) is 0 Å². The average Bonchev–Trinajstić information content (AvgIpc) is 3.11. The van der Waals surface area contributed by atoms with Crippen molar-refractivity contribution in [3.8, 4) is 0 Å². The molecule has 1 aromatic heterocycles. The normalized spacial score (nSPS) is 25.7. The first-order valence-electron chi connectivity index (χ1n) is 10.5. The van der Waals surface area contributed by atoms with E-state index >= 15 is 0 Å². The SMILES string of the molecule is CN=CC1CC(C)(O)CCC1n1cc(C(N)=O)c(Nc2ccc(C(C)(O)C(F)(F)F)cc2)n1. The zero-order valence-corrected chi connectivity index (χ0v) is 18.6. The lowest BCUT2D eigenvalue weighted by Crippen LogP contribution is -2.39. The van der Waals surface area contributed by atoms with Crippen molar-refractivity contribution in [1.82, 2.24) is 9.78 Å². The Morgan fingerprint density at radius 2 is 2.00 bits per heavy atom. The summed E-state index contributed by atoms with van der Waals surface area (Å²) in [6.45, 7) is 2.45. The highest BCUT2D eigenvalue weighted by Crippen LogP contribution is 2.40. The average molecular weight is 467 g/mol. The largest absolute Gasteiger partial charge is 0.421 e. The van der Waals surface area contributed by atoms with Crippen LogP contribution in [0.4, 0.5) is 24.7 Å². The van der Waals surface area contributed by atoms with Crippen molar-refractivity contribution in [1.29, 1.82) is 0 Å². The molecule has 3 rings (SSSR count). The minimum absolute atomic E-state index is 0.115. The molecule has 1 amide bonds. The van der Waals surface area contributed by atoms with Gasteiger partial charge in [0.15, 0.2) is 11.4 Å². The number of benzene rings is 1. The second-order valence-electron chi connectivity index (χ2n) is 8.89. The van der Waals surface area contributed by atoms with E-state index in [0.29, 0.717) is 31.9 Å². The number of nitrogens with one attached hydrogen (secondary N) is 1. The predicted octanol–water partition coefficient (Wildman–Crippen LogP) is 3.29. The summed E-state index contributed by atoms with van der Waals surface area (Å²) in [6, 6.07) is 4.83. The Labute approximate surface area is 189 Å². The molecular formula is C22H28F3N5O3. The standard InChI is InChI=1S/C22H28F3N5O3/c1-20(32)9-8-17(13(10-20)11-27-3)30-12-16(18(26)31)19(29-30)28-15-6-4-14(5-7-15)21(2,33)22(23,24)25/h4-7,11-13,17,32-33H,8-10H2,1-3H3,(H2,26,31)(H,28,29). The Kier molecular flexibility index (Phi) is 6.58. The second-order valence-corrected chi connectivity index (χ2v) is 8.89. The van der Waals surface area contributed by atoms with Crippen molar-refractivity contribution in [2.24, 2.45) is 16.6 Å². The molecule has 1 aliphatic carbocycles. The van der Waals surface area contributed by atoms with Crippen LogP contribution in [0.15, 0.2) is 35.5 Å². The summed E-state index contributed by atoms with van der Waals surface area (Å²) in [5.41, 5.74) is 1.85. The highest BCUT2D eigenvalue weighted by atomic mass is 19.4. The number of hydrogen-bond acceptors (Lipinski definition) is 6. The van der Waals surface area contributed by atoms with Crippen LogP contribution in [0.5, 0.6) is 0 Å². The molecule has 33 heavy (non-hydrogen) atoms. The molecule has 0 saturated heterocycles. The number of alkyl halides is 3. The number of carbonyl (C=O) groups excluding carboxylic acids is 1. The van der Waals surface area contributed by atoms with Crippen LogP contribution in [-0.2, 0) is 5.60 Å². The zero-order valence-electron chi connectivity index (χ0n) is 18.6. The fraction of sp³-hybridized carbons (Fsp3) is 0.500. The number of nitrogens with two attached hydrogens (primary N) is 1. The Morgan fingerprint density at radius 1 is 1.36 bits per heavy atom. The molecule has 0 radical (unpaired) electrons. The van der Waals surface area contributed by atoms with Gasteiger partial charge in [-0.3, -0.25) is 9.48 Å². The third-order valence-corrected chi connectivity index (χ3v) is 6.09. The van der Waals surface area contributed by atoms with E-state index < -0.39 is 23.3 Å². The van der Waals surface area contributed by atoms with Gasteiger partial charge in [-0.25, -0.2) is 0 Å². The number of rotatable bonds is 6. The van der Waals surface area contributed by atoms with E-state index in [0.717, 1.165) is 12.1 Å². The summed E-state index contributed by atoms with van der Waals surface area (Å²) in [4.78, 5) is 16.1. The van der Waals surface area contributed by atoms with Gasteiger partial charge in [0.05, 0.1) is 11.6 Å². The van der Waals surface area contributed by atoms with Gasteiger partial charge in [-0.05, 0) is 50.8 Å². The fourth-order valence-corrected chi connectivity index (χ4v) is 4.10. The Balaban J connectivity index is 1.88. The Morgan fingerprint density at radius 3 is 2.55 bits per heavy atom. The first-order chi connectivity index (χ1) is 15.2. The lowest BCUT2D eigenvalue weighted by molar-refractivity contribution is -0.258. The molecule has 180 valence electrons. The van der Waals surface area contributed by atoms with Gasteiger partial charge in [-0.2, -0.15) is 18.3 Å². The van der Waals surface area contributed by atoms with Gasteiger partial charge in [-0.1, -0.05) is 12.1 Å². The van der Waals surface area contributed by atoms with Crippen molar-refractivity contribution in [2.75, 3.05) is 12.4 Å². The molecule has 1 saturated carbocycles. The number of anilines is 2. The van der Waals surface area contributed by atoms with Gasteiger partial charge >= 0.3 is 6.18 Å². The van der Waals surface area contributed by atoms with Gasteiger partial charge in [0.25, 0.3) is 5.91 Å². The number of hydrogen-bond donors (Lipinski definition) is 4. The Bertz CT molecular complexity index is 1030. The molecule has 4 unspecified atom stereocenters. The minimum atomic E-state index is -4.83. The molecule has 4 atom stereocenters. The number of aliphatic imine (C=N–C) groups is 1. The summed E-state index contributed by atoms with van der Waals surface area (Å²) in [5, 5.41) is 27.7. The maximum absolute atomic E-state index is 13.1. The topological polar surface area (TPSA) is 126 Å². The third-order valence-electron chi connectivity index (χ3n) is 6.09. The highest BCUT2D eigenvalue weighted by Gasteiger charge is 2.51. The number of nitrogens with zero attached hydrogens (tertiary/aromatic N) is 3. The van der Waals surface area contributed by atoms with Crippen molar-refractivity contribution >= 4 is 23.6 Å². The molecule has 2 aromatic rings. The van der Waals surface area contributed by atoms with Crippen LogP contribution in [-0.4, -0.2) is 50.9 Å². The van der Waals surface area contributed by atoms with E-state index in [1.54, 1.807) is 24.9 Å². The summed E-state index contributed by atoms with van der Waals surface area (Å²) in [7, 11) is 1.64. The zero-order chi connectivity index (χ0) is 24.6. The van der Waals surface area contributed by atoms with Gasteiger partial charge in [0.1, 0.15) is 5.56 Å². The van der Waals surface area contributed by atoms with Crippen molar-refractivity contribution in [2.45, 2.75) is 56.5 Å². The third kappa shape index (κ3) is 5.19. The van der Waals surface area contributed by atoms with Crippen molar-refractivity contribution < 1.29 is 28.2 Å². The molecule has 0 aliphatic heterocycles. The van der Waals surface area contributed by atoms with Crippen LogP contribution in [0.2, 0.25) is 0 Å². The molecule has 0 bridgehead atoms. The molecule has 11 heteroatoms. The van der Waals surface area contributed by atoms with E-state index in [9.17, 15) is 28.2 Å². The van der Waals surface area contributed by atoms with E-state index in [1.807, 2.05) is 0 Å². The van der Waals surface area contributed by atoms with E-state index in [1.165, 1.54) is 18.3 Å². The number of aromatic nitrogens is 2. The van der Waals surface area contributed by atoms with Gasteiger partial charge in [0, 0.05) is 31.1 Å². The fourth-order valence-electron chi connectivity index (χ4n) is 4.10. The van der Waals surface area contributed by atoms with E-state index in [-0.39, 0.29) is 28.9 Å². The number of amides is 1. The van der Waals surface area contributed by atoms with Crippen LogP contribution in [0.25, 0.3) is 0 Å². The van der Waals surface area contributed by atoms with Gasteiger partial charge in [-0.15, -0.1) is 0 Å². The number of primary amides is 1. The first kappa shape index (κ1) is 24.7. The van der Waals surface area contributed by atoms with E-state index in [2.05, 4.69) is 15.4 Å². The van der Waals surface area contributed by atoms with Gasteiger partial charge < -0.3 is 26.3 Å². The van der Waals surface area contributed by atoms with Gasteiger partial charge in [0.2, 0.25) is 0 Å². The monoisotopic (exact) mass is 467 g/mol. The van der Waals surface area contributed by atoms with Crippen LogP contribution >= 0.6 is 0 Å². The highest BCUT2D eigenvalue weighted by molar-refractivity contribution is 5.98. The van der Waals surface area contributed by atoms with Crippen molar-refractivity contribution in [3.63, 3.8) is 0 Å². The molecule has 1 aliphatic rings. The molecule has 8 nitrogen and oxygen atoms in total. The lowest BCUT2D eigenvalue weighted by atomic mass is 9.76.